The first-order chi connectivity index (χ1) is 9.60. The number of carbonyl (C=O) groups excluding carboxylic acids is 1. The van der Waals surface area contributed by atoms with Crippen LogP contribution in [-0.4, -0.2) is 29.8 Å². The molecule has 0 spiro atoms. The van der Waals surface area contributed by atoms with E-state index in [1.54, 1.807) is 12.1 Å². The number of nitrogens with zero attached hydrogens (tertiary/aromatic N) is 1. The van der Waals surface area contributed by atoms with Crippen molar-refractivity contribution in [1.29, 1.82) is 0 Å². The van der Waals surface area contributed by atoms with E-state index in [2.05, 4.69) is 0 Å². The molecule has 4 nitrogen and oxygen atoms in total. The van der Waals surface area contributed by atoms with E-state index in [0.717, 1.165) is 12.0 Å². The molecule has 1 aromatic carbocycles. The Bertz CT molecular complexity index is 496. The molecular formula is C15H18FNO3. The molecule has 2 fully saturated rings. The van der Waals surface area contributed by atoms with Gasteiger partial charge in [-0.05, 0) is 37.5 Å². The Balaban J connectivity index is 1.81. The highest BCUT2D eigenvalue weighted by atomic mass is 19.1. The van der Waals surface area contributed by atoms with Gasteiger partial charge in [0.25, 0.3) is 5.91 Å². The molecule has 2 aliphatic heterocycles. The topological polar surface area (TPSA) is 38.8 Å². The summed E-state index contributed by atoms with van der Waals surface area (Å²) in [5, 5.41) is 1.42. The summed E-state index contributed by atoms with van der Waals surface area (Å²) in [7, 11) is 0. The summed E-state index contributed by atoms with van der Waals surface area (Å²) >= 11 is 0. The van der Waals surface area contributed by atoms with Gasteiger partial charge < -0.3 is 4.74 Å². The van der Waals surface area contributed by atoms with Gasteiger partial charge in [-0.15, -0.1) is 0 Å². The number of hydroxylamine groups is 2. The molecule has 108 valence electrons. The molecule has 0 N–H and O–H groups in total. The molecule has 0 aromatic heterocycles. The molecule has 2 aliphatic rings. The molecule has 0 aliphatic carbocycles. The van der Waals surface area contributed by atoms with E-state index < -0.39 is 5.60 Å². The summed E-state index contributed by atoms with van der Waals surface area (Å²) in [6.45, 7) is 2.91. The van der Waals surface area contributed by atoms with Gasteiger partial charge >= 0.3 is 0 Å². The predicted octanol–water partition coefficient (Wildman–Crippen LogP) is 2.60. The second kappa shape index (κ2) is 5.14. The first kappa shape index (κ1) is 13.5. The molecule has 1 amide bonds. The number of amides is 1. The zero-order valence-electron chi connectivity index (χ0n) is 11.5. The van der Waals surface area contributed by atoms with E-state index >= 15 is 0 Å². The van der Waals surface area contributed by atoms with E-state index in [0.29, 0.717) is 26.1 Å². The third kappa shape index (κ3) is 2.31. The lowest BCUT2D eigenvalue weighted by Crippen LogP contribution is -2.45. The maximum absolute atomic E-state index is 13.0. The van der Waals surface area contributed by atoms with E-state index in [1.165, 1.54) is 17.2 Å². The van der Waals surface area contributed by atoms with Crippen LogP contribution in [0.2, 0.25) is 0 Å². The van der Waals surface area contributed by atoms with Crippen molar-refractivity contribution in [2.75, 3.05) is 13.2 Å². The molecule has 2 atom stereocenters. The van der Waals surface area contributed by atoms with Crippen molar-refractivity contribution in [3.63, 3.8) is 0 Å². The average Bonchev–Trinajstić information content (AvgIpc) is 3.08. The molecule has 0 bridgehead atoms. The number of halogens is 1. The molecule has 0 unspecified atom stereocenters. The number of carbonyl (C=O) groups is 1. The molecule has 3 rings (SSSR count). The standard InChI is InChI=1S/C15H18FNO3/c1-15(8-2-9-19-15)14(18)17-13(7-10-20-17)11-3-5-12(16)6-4-11/h3-6,13H,2,7-10H2,1H3/t13-,15-/m0/s1. The van der Waals surface area contributed by atoms with Crippen molar-refractivity contribution in [1.82, 2.24) is 5.06 Å². The molecular weight excluding hydrogens is 261 g/mol. The van der Waals surface area contributed by atoms with Crippen LogP contribution in [0, 0.1) is 5.82 Å². The third-order valence-corrected chi connectivity index (χ3v) is 4.03. The summed E-state index contributed by atoms with van der Waals surface area (Å²) in [4.78, 5) is 18.1. The van der Waals surface area contributed by atoms with Crippen LogP contribution in [0.25, 0.3) is 0 Å². The smallest absolute Gasteiger partial charge is 0.278 e. The van der Waals surface area contributed by atoms with Crippen molar-refractivity contribution < 1.29 is 18.8 Å². The van der Waals surface area contributed by atoms with Gasteiger partial charge in [-0.3, -0.25) is 9.63 Å². The lowest BCUT2D eigenvalue weighted by molar-refractivity contribution is -0.196. The summed E-state index contributed by atoms with van der Waals surface area (Å²) in [5.74, 6) is -0.418. The lowest BCUT2D eigenvalue weighted by Gasteiger charge is -2.30. The van der Waals surface area contributed by atoms with Gasteiger partial charge in [-0.1, -0.05) is 12.1 Å². The molecule has 0 radical (unpaired) electrons. The van der Waals surface area contributed by atoms with Crippen LogP contribution >= 0.6 is 0 Å². The maximum atomic E-state index is 13.0. The third-order valence-electron chi connectivity index (χ3n) is 4.03. The van der Waals surface area contributed by atoms with Gasteiger partial charge in [0.1, 0.15) is 11.4 Å². The molecule has 1 aromatic rings. The lowest BCUT2D eigenvalue weighted by atomic mass is 9.99. The van der Waals surface area contributed by atoms with Gasteiger partial charge in [0.15, 0.2) is 0 Å². The van der Waals surface area contributed by atoms with E-state index in [4.69, 9.17) is 9.57 Å². The number of hydrogen-bond donors (Lipinski definition) is 0. The summed E-state index contributed by atoms with van der Waals surface area (Å²) in [6, 6.07) is 6.05. The normalized spacial score (nSPS) is 29.9. The van der Waals surface area contributed by atoms with Crippen LogP contribution in [-0.2, 0) is 14.4 Å². The Kier molecular flexibility index (Phi) is 3.48. The zero-order valence-corrected chi connectivity index (χ0v) is 11.5. The van der Waals surface area contributed by atoms with E-state index in [1.807, 2.05) is 6.92 Å². The van der Waals surface area contributed by atoms with Gasteiger partial charge in [0, 0.05) is 13.0 Å². The second-order valence-electron chi connectivity index (χ2n) is 5.50. The minimum Gasteiger partial charge on any atom is -0.365 e. The number of rotatable bonds is 2. The number of benzene rings is 1. The Hall–Kier alpha value is -1.46. The van der Waals surface area contributed by atoms with E-state index in [9.17, 15) is 9.18 Å². The minimum absolute atomic E-state index is 0.137. The molecule has 2 saturated heterocycles. The highest BCUT2D eigenvalue weighted by molar-refractivity contribution is 5.84. The summed E-state index contributed by atoms with van der Waals surface area (Å²) in [5.41, 5.74) is 0.0988. The Morgan fingerprint density at radius 3 is 2.75 bits per heavy atom. The van der Waals surface area contributed by atoms with Crippen LogP contribution in [0.4, 0.5) is 4.39 Å². The fourth-order valence-corrected chi connectivity index (χ4v) is 2.84. The largest absolute Gasteiger partial charge is 0.365 e. The number of ether oxygens (including phenoxy) is 1. The highest BCUT2D eigenvalue weighted by Gasteiger charge is 2.45. The van der Waals surface area contributed by atoms with Crippen molar-refractivity contribution in [3.05, 3.63) is 35.6 Å². The molecule has 2 heterocycles. The Morgan fingerprint density at radius 1 is 1.35 bits per heavy atom. The van der Waals surface area contributed by atoms with Crippen LogP contribution in [0.15, 0.2) is 24.3 Å². The van der Waals surface area contributed by atoms with Crippen molar-refractivity contribution in [3.8, 4) is 0 Å². The quantitative estimate of drug-likeness (QED) is 0.835. The van der Waals surface area contributed by atoms with Crippen LogP contribution in [0.3, 0.4) is 0 Å². The Labute approximate surface area is 117 Å². The summed E-state index contributed by atoms with van der Waals surface area (Å²) in [6.07, 6.45) is 2.31. The van der Waals surface area contributed by atoms with Gasteiger partial charge in [0.2, 0.25) is 0 Å². The SMILES string of the molecule is C[C@@]1(C(=O)N2OCC[C@H]2c2ccc(F)cc2)CCCO1. The zero-order chi connectivity index (χ0) is 14.2. The maximum Gasteiger partial charge on any atom is 0.278 e. The fraction of sp³-hybridized carbons (Fsp3) is 0.533. The molecule has 0 saturated carbocycles. The van der Waals surface area contributed by atoms with Crippen molar-refractivity contribution in [2.45, 2.75) is 37.8 Å². The predicted molar refractivity (Wildman–Crippen MR) is 70.1 cm³/mol. The Morgan fingerprint density at radius 2 is 2.10 bits per heavy atom. The fourth-order valence-electron chi connectivity index (χ4n) is 2.84. The first-order valence-electron chi connectivity index (χ1n) is 6.96. The monoisotopic (exact) mass is 279 g/mol. The average molecular weight is 279 g/mol. The van der Waals surface area contributed by atoms with Crippen molar-refractivity contribution in [2.24, 2.45) is 0 Å². The summed E-state index contributed by atoms with van der Waals surface area (Å²) < 4.78 is 18.6. The van der Waals surface area contributed by atoms with Crippen molar-refractivity contribution >= 4 is 5.91 Å². The van der Waals surface area contributed by atoms with E-state index in [-0.39, 0.29) is 17.8 Å². The first-order valence-corrected chi connectivity index (χ1v) is 6.96. The van der Waals surface area contributed by atoms with Gasteiger partial charge in [-0.25, -0.2) is 9.45 Å². The molecule has 20 heavy (non-hydrogen) atoms. The van der Waals surface area contributed by atoms with Crippen LogP contribution in [0.1, 0.15) is 37.8 Å². The van der Waals surface area contributed by atoms with Gasteiger partial charge in [0.05, 0.1) is 12.6 Å². The van der Waals surface area contributed by atoms with Crippen LogP contribution in [0.5, 0.6) is 0 Å². The van der Waals surface area contributed by atoms with Crippen LogP contribution < -0.4 is 0 Å². The number of hydrogen-bond acceptors (Lipinski definition) is 3. The highest BCUT2D eigenvalue weighted by Crippen LogP contribution is 2.36. The second-order valence-corrected chi connectivity index (χ2v) is 5.50. The molecule has 5 heteroatoms. The van der Waals surface area contributed by atoms with Gasteiger partial charge in [-0.2, -0.15) is 0 Å². The minimum atomic E-state index is -0.789.